The Hall–Kier alpha value is -2.89. The molecule has 0 saturated heterocycles. The molecule has 0 amide bonds. The van der Waals surface area contributed by atoms with Gasteiger partial charge in [0.1, 0.15) is 0 Å². The van der Waals surface area contributed by atoms with Gasteiger partial charge in [0.25, 0.3) is 0 Å². The smallest absolute Gasteiger partial charge is 0.231 e. The number of H-pyrrole nitrogens is 1. The molecule has 1 aromatic heterocycles. The van der Waals surface area contributed by atoms with Crippen molar-refractivity contribution < 1.29 is 9.47 Å². The number of anilines is 2. The molecule has 1 aliphatic rings. The summed E-state index contributed by atoms with van der Waals surface area (Å²) in [5, 5.41) is 3.31. The van der Waals surface area contributed by atoms with Gasteiger partial charge in [-0.1, -0.05) is 12.1 Å². The highest BCUT2D eigenvalue weighted by molar-refractivity contribution is 5.81. The number of imidazole rings is 1. The number of nitrogens with one attached hydrogen (secondary N) is 2. The Labute approximate surface area is 134 Å². The highest BCUT2D eigenvalue weighted by Crippen LogP contribution is 2.35. The van der Waals surface area contributed by atoms with Gasteiger partial charge < -0.3 is 24.7 Å². The topological polar surface area (TPSA) is 62.4 Å². The van der Waals surface area contributed by atoms with E-state index in [9.17, 15) is 0 Å². The van der Waals surface area contributed by atoms with Crippen molar-refractivity contribution in [2.75, 3.05) is 31.1 Å². The highest BCUT2D eigenvalue weighted by atomic mass is 16.7. The van der Waals surface area contributed by atoms with Crippen molar-refractivity contribution in [2.45, 2.75) is 6.54 Å². The van der Waals surface area contributed by atoms with E-state index in [1.165, 1.54) is 11.3 Å². The quantitative estimate of drug-likeness (QED) is 0.776. The van der Waals surface area contributed by atoms with E-state index in [-0.39, 0.29) is 6.79 Å². The van der Waals surface area contributed by atoms with Crippen LogP contribution in [0.5, 0.6) is 11.5 Å². The first kappa shape index (κ1) is 13.8. The van der Waals surface area contributed by atoms with E-state index in [0.29, 0.717) is 6.54 Å². The van der Waals surface area contributed by atoms with Gasteiger partial charge >= 0.3 is 0 Å². The van der Waals surface area contributed by atoms with Gasteiger partial charge in [0.05, 0.1) is 11.0 Å². The van der Waals surface area contributed by atoms with Crippen LogP contribution in [0, 0.1) is 0 Å². The average Bonchev–Trinajstić information content (AvgIpc) is 3.16. The molecule has 0 fully saturated rings. The van der Waals surface area contributed by atoms with Crippen molar-refractivity contribution in [3.63, 3.8) is 0 Å². The summed E-state index contributed by atoms with van der Waals surface area (Å²) < 4.78 is 10.8. The monoisotopic (exact) mass is 310 g/mol. The third kappa shape index (κ3) is 2.63. The molecule has 0 radical (unpaired) electrons. The molecule has 0 atom stereocenters. The molecule has 2 N–H and O–H groups in total. The van der Waals surface area contributed by atoms with E-state index < -0.39 is 0 Å². The van der Waals surface area contributed by atoms with Crippen molar-refractivity contribution >= 4 is 22.7 Å². The molecule has 23 heavy (non-hydrogen) atoms. The Bertz CT molecular complexity index is 799. The Morgan fingerprint density at radius 3 is 2.61 bits per heavy atom. The third-order valence-electron chi connectivity index (χ3n) is 3.89. The zero-order valence-electron chi connectivity index (χ0n) is 13.1. The molecule has 3 aromatic rings. The number of hydrogen-bond donors (Lipinski definition) is 2. The number of fused-ring (bicyclic) bond motifs is 2. The summed E-state index contributed by atoms with van der Waals surface area (Å²) in [6.07, 6.45) is 0. The van der Waals surface area contributed by atoms with Crippen LogP contribution in [-0.4, -0.2) is 30.9 Å². The minimum absolute atomic E-state index is 0.274. The van der Waals surface area contributed by atoms with Crippen molar-refractivity contribution in [1.82, 2.24) is 9.97 Å². The van der Waals surface area contributed by atoms with Crippen LogP contribution in [0.25, 0.3) is 11.0 Å². The van der Waals surface area contributed by atoms with Crippen LogP contribution in [0.15, 0.2) is 36.4 Å². The van der Waals surface area contributed by atoms with Crippen LogP contribution in [0.1, 0.15) is 5.56 Å². The number of hydrogen-bond acceptors (Lipinski definition) is 5. The first-order chi connectivity index (χ1) is 11.2. The van der Waals surface area contributed by atoms with Crippen LogP contribution < -0.4 is 19.7 Å². The van der Waals surface area contributed by atoms with Gasteiger partial charge in [-0.25, -0.2) is 4.98 Å². The number of aromatic nitrogens is 2. The van der Waals surface area contributed by atoms with Crippen LogP contribution in [0.3, 0.4) is 0 Å². The van der Waals surface area contributed by atoms with E-state index in [0.717, 1.165) is 28.5 Å². The lowest BCUT2D eigenvalue weighted by Gasteiger charge is -2.12. The fraction of sp³-hybridized carbons (Fsp3) is 0.235. The fourth-order valence-corrected chi connectivity index (χ4v) is 2.58. The standard InChI is InChI=1S/C17H18N4O2/c1-21(2)12-5-3-11(4-6-12)9-18-17-19-13-7-15-16(23-10-22-15)8-14(13)20-17/h3-8H,9-10H2,1-2H3,(H2,18,19,20). The number of nitrogens with zero attached hydrogens (tertiary/aromatic N) is 2. The lowest BCUT2D eigenvalue weighted by atomic mass is 10.2. The van der Waals surface area contributed by atoms with Crippen molar-refractivity contribution in [3.05, 3.63) is 42.0 Å². The third-order valence-corrected chi connectivity index (χ3v) is 3.89. The second-order valence-electron chi connectivity index (χ2n) is 5.72. The maximum atomic E-state index is 5.38. The Morgan fingerprint density at radius 1 is 1.13 bits per heavy atom. The van der Waals surface area contributed by atoms with Gasteiger partial charge in [-0.3, -0.25) is 0 Å². The molecule has 0 aliphatic carbocycles. The SMILES string of the molecule is CN(C)c1ccc(CNc2nc3cc4c(cc3[nH]2)OCO4)cc1. The molecular weight excluding hydrogens is 292 g/mol. The second-order valence-corrected chi connectivity index (χ2v) is 5.72. The molecule has 2 aromatic carbocycles. The normalized spacial score (nSPS) is 12.6. The lowest BCUT2D eigenvalue weighted by molar-refractivity contribution is 0.174. The maximum absolute atomic E-state index is 5.38. The predicted molar refractivity (Wildman–Crippen MR) is 90.3 cm³/mol. The summed E-state index contributed by atoms with van der Waals surface area (Å²) >= 11 is 0. The summed E-state index contributed by atoms with van der Waals surface area (Å²) in [4.78, 5) is 9.88. The minimum atomic E-state index is 0.274. The molecule has 0 spiro atoms. The second kappa shape index (κ2) is 5.39. The zero-order chi connectivity index (χ0) is 15.8. The van der Waals surface area contributed by atoms with E-state index in [1.54, 1.807) is 0 Å². The molecule has 0 saturated carbocycles. The van der Waals surface area contributed by atoms with Gasteiger partial charge in [0, 0.05) is 38.5 Å². The fourth-order valence-electron chi connectivity index (χ4n) is 2.58. The van der Waals surface area contributed by atoms with Crippen LogP contribution in [0.2, 0.25) is 0 Å². The molecule has 4 rings (SSSR count). The summed E-state index contributed by atoms with van der Waals surface area (Å²) in [6.45, 7) is 0.982. The first-order valence-corrected chi connectivity index (χ1v) is 7.48. The van der Waals surface area contributed by atoms with Gasteiger partial charge in [0.2, 0.25) is 12.7 Å². The van der Waals surface area contributed by atoms with E-state index in [2.05, 4.69) is 44.5 Å². The van der Waals surface area contributed by atoms with Crippen LogP contribution >= 0.6 is 0 Å². The van der Waals surface area contributed by atoms with E-state index in [4.69, 9.17) is 9.47 Å². The molecular formula is C17H18N4O2. The Balaban J connectivity index is 1.49. The number of aromatic amines is 1. The van der Waals surface area contributed by atoms with Crippen molar-refractivity contribution in [2.24, 2.45) is 0 Å². The largest absolute Gasteiger partial charge is 0.454 e. The van der Waals surface area contributed by atoms with Gasteiger partial charge in [-0.2, -0.15) is 0 Å². The summed E-state index contributed by atoms with van der Waals surface area (Å²) in [6, 6.07) is 12.2. The lowest BCUT2D eigenvalue weighted by Crippen LogP contribution is -2.08. The highest BCUT2D eigenvalue weighted by Gasteiger charge is 2.16. The molecule has 2 heterocycles. The number of rotatable bonds is 4. The van der Waals surface area contributed by atoms with Crippen molar-refractivity contribution in [1.29, 1.82) is 0 Å². The number of benzene rings is 2. The summed E-state index contributed by atoms with van der Waals surface area (Å²) in [5.74, 6) is 2.24. The van der Waals surface area contributed by atoms with E-state index >= 15 is 0 Å². The molecule has 6 heteroatoms. The van der Waals surface area contributed by atoms with Crippen molar-refractivity contribution in [3.8, 4) is 11.5 Å². The molecule has 0 unspecified atom stereocenters. The zero-order valence-corrected chi connectivity index (χ0v) is 13.1. The average molecular weight is 310 g/mol. The summed E-state index contributed by atoms with van der Waals surface area (Å²) in [7, 11) is 4.07. The van der Waals surface area contributed by atoms with Gasteiger partial charge in [-0.05, 0) is 17.7 Å². The number of ether oxygens (including phenoxy) is 2. The van der Waals surface area contributed by atoms with Crippen LogP contribution in [0.4, 0.5) is 11.6 Å². The maximum Gasteiger partial charge on any atom is 0.231 e. The minimum Gasteiger partial charge on any atom is -0.454 e. The van der Waals surface area contributed by atoms with Gasteiger partial charge in [0.15, 0.2) is 11.5 Å². The Morgan fingerprint density at radius 2 is 1.87 bits per heavy atom. The molecule has 0 bridgehead atoms. The predicted octanol–water partition coefficient (Wildman–Crippen LogP) is 2.97. The first-order valence-electron chi connectivity index (χ1n) is 7.48. The molecule has 6 nitrogen and oxygen atoms in total. The van der Waals surface area contributed by atoms with Gasteiger partial charge in [-0.15, -0.1) is 0 Å². The summed E-state index contributed by atoms with van der Waals surface area (Å²) in [5.41, 5.74) is 4.18. The van der Waals surface area contributed by atoms with Crippen LogP contribution in [-0.2, 0) is 6.54 Å². The Kier molecular flexibility index (Phi) is 3.22. The molecule has 1 aliphatic heterocycles. The van der Waals surface area contributed by atoms with E-state index in [1.807, 2.05) is 26.2 Å². The molecule has 118 valence electrons.